The summed E-state index contributed by atoms with van der Waals surface area (Å²) in [6.07, 6.45) is 3.61. The third-order valence-electron chi connectivity index (χ3n) is 8.39. The number of rotatable bonds is 3. The minimum Gasteiger partial charge on any atom is -0.352 e. The number of Topliss-reactive ketones (excluding diaryl/α,β-unsaturated/α-hetero) is 3. The summed E-state index contributed by atoms with van der Waals surface area (Å²) < 4.78 is 28.0. The molecule has 3 unspecified atom stereocenters. The van der Waals surface area contributed by atoms with Crippen molar-refractivity contribution < 1.29 is 23.2 Å². The van der Waals surface area contributed by atoms with Crippen molar-refractivity contribution in [2.75, 3.05) is 4.90 Å². The maximum Gasteiger partial charge on any atom is 0.185 e. The number of carbonyl (C=O) groups excluding carboxylic acids is 3. The number of nitrogens with zero attached hydrogens (tertiary/aromatic N) is 1. The summed E-state index contributed by atoms with van der Waals surface area (Å²) in [6, 6.07) is 20.8. The van der Waals surface area contributed by atoms with Crippen molar-refractivity contribution in [2.45, 2.75) is 18.0 Å². The molecule has 0 radical (unpaired) electrons. The summed E-state index contributed by atoms with van der Waals surface area (Å²) in [5, 5.41) is 0.493. The average molecular weight is 552 g/mol. The first-order valence-corrected chi connectivity index (χ1v) is 13.2. The van der Waals surface area contributed by atoms with Crippen molar-refractivity contribution in [1.29, 1.82) is 0 Å². The third kappa shape index (κ3) is 3.26. The van der Waals surface area contributed by atoms with Gasteiger partial charge in [0.1, 0.15) is 23.1 Å². The Hall–Kier alpha value is -4.42. The molecule has 0 amide bonds. The van der Waals surface area contributed by atoms with Crippen LogP contribution in [0.4, 0.5) is 14.5 Å². The van der Waals surface area contributed by atoms with E-state index in [1.54, 1.807) is 48.5 Å². The van der Waals surface area contributed by atoms with Crippen LogP contribution in [0.15, 0.2) is 97.1 Å². The van der Waals surface area contributed by atoms with Gasteiger partial charge in [-0.3, -0.25) is 14.4 Å². The summed E-state index contributed by atoms with van der Waals surface area (Å²) >= 11 is 6.30. The quantitative estimate of drug-likeness (QED) is 0.204. The molecule has 7 rings (SSSR count). The molecule has 196 valence electrons. The summed E-state index contributed by atoms with van der Waals surface area (Å²) in [5.41, 5.74) is 0.971. The first-order valence-electron chi connectivity index (χ1n) is 12.8. The van der Waals surface area contributed by atoms with E-state index in [9.17, 15) is 23.2 Å². The predicted octanol–water partition coefficient (Wildman–Crippen LogP) is 6.93. The molecule has 4 aromatic rings. The van der Waals surface area contributed by atoms with Crippen LogP contribution in [0.1, 0.15) is 48.1 Å². The number of anilines is 1. The van der Waals surface area contributed by atoms with Gasteiger partial charge in [0.2, 0.25) is 0 Å². The number of benzene rings is 4. The molecule has 1 saturated heterocycles. The van der Waals surface area contributed by atoms with E-state index in [-0.39, 0.29) is 22.9 Å². The minimum atomic E-state index is -1.70. The van der Waals surface area contributed by atoms with E-state index in [0.29, 0.717) is 27.4 Å². The first kappa shape index (κ1) is 24.6. The number of hydrogen-bond donors (Lipinski definition) is 0. The molecule has 0 bridgehead atoms. The fourth-order valence-electron chi connectivity index (χ4n) is 6.78. The molecule has 2 heterocycles. The van der Waals surface area contributed by atoms with Crippen molar-refractivity contribution in [2.24, 2.45) is 5.41 Å². The molecule has 2 aliphatic heterocycles. The highest BCUT2D eigenvalue weighted by Gasteiger charge is 2.71. The van der Waals surface area contributed by atoms with E-state index in [1.807, 2.05) is 11.0 Å². The summed E-state index contributed by atoms with van der Waals surface area (Å²) in [7, 11) is 0. The first-order chi connectivity index (χ1) is 19.3. The Morgan fingerprint density at radius 3 is 2.02 bits per heavy atom. The Morgan fingerprint density at radius 1 is 0.800 bits per heavy atom. The van der Waals surface area contributed by atoms with Crippen molar-refractivity contribution in [3.8, 4) is 0 Å². The maximum absolute atomic E-state index is 14.5. The van der Waals surface area contributed by atoms with E-state index in [1.165, 1.54) is 48.5 Å². The lowest BCUT2D eigenvalue weighted by molar-refractivity contribution is 0.0666. The van der Waals surface area contributed by atoms with Gasteiger partial charge in [-0.1, -0.05) is 60.2 Å². The SMILES string of the molecule is O=C(c1ccc(F)cc1)C1C(c2ccc(F)cc2)C2(C(=O)c3ccccc3C2=O)C2C=Cc3cc(Cl)ccc3N12. The van der Waals surface area contributed by atoms with Gasteiger partial charge in [-0.2, -0.15) is 0 Å². The molecule has 4 nitrogen and oxygen atoms in total. The van der Waals surface area contributed by atoms with Gasteiger partial charge in [0.25, 0.3) is 0 Å². The third-order valence-corrected chi connectivity index (χ3v) is 8.63. The van der Waals surface area contributed by atoms with Crippen molar-refractivity contribution in [3.63, 3.8) is 0 Å². The van der Waals surface area contributed by atoms with Crippen LogP contribution in [0.3, 0.4) is 0 Å². The number of ketones is 3. The van der Waals surface area contributed by atoms with Crippen molar-refractivity contribution in [1.82, 2.24) is 0 Å². The maximum atomic E-state index is 14.5. The lowest BCUT2D eigenvalue weighted by atomic mass is 9.64. The molecule has 4 aromatic carbocycles. The van der Waals surface area contributed by atoms with Gasteiger partial charge in [0.15, 0.2) is 17.3 Å². The van der Waals surface area contributed by atoms with Gasteiger partial charge in [-0.25, -0.2) is 8.78 Å². The normalized spacial score (nSPS) is 21.9. The van der Waals surface area contributed by atoms with E-state index in [2.05, 4.69) is 0 Å². The van der Waals surface area contributed by atoms with Crippen molar-refractivity contribution in [3.05, 3.63) is 142 Å². The number of halogens is 3. The van der Waals surface area contributed by atoms with E-state index >= 15 is 0 Å². The number of carbonyl (C=O) groups is 3. The van der Waals surface area contributed by atoms with Crippen LogP contribution in [0, 0.1) is 17.0 Å². The van der Waals surface area contributed by atoms with Crippen LogP contribution in [-0.2, 0) is 0 Å². The van der Waals surface area contributed by atoms with E-state index < -0.39 is 35.1 Å². The monoisotopic (exact) mass is 551 g/mol. The lowest BCUT2D eigenvalue weighted by Crippen LogP contribution is -2.48. The molecule has 0 aromatic heterocycles. The highest BCUT2D eigenvalue weighted by molar-refractivity contribution is 6.32. The number of fused-ring (bicyclic) bond motifs is 5. The molecular formula is C33H20ClF2NO3. The molecule has 1 fully saturated rings. The molecule has 7 heteroatoms. The highest BCUT2D eigenvalue weighted by Crippen LogP contribution is 2.61. The number of hydrogen-bond acceptors (Lipinski definition) is 4. The standard InChI is InChI=1S/C33H20ClF2NO3/c34-21-10-15-26-20(17-21)9-16-27-33(31(39)24-3-1-2-4-25(24)32(33)40)28(18-5-11-22(35)12-6-18)29(37(26)27)30(38)19-7-13-23(36)14-8-19/h1-17,27-29H. The highest BCUT2D eigenvalue weighted by atomic mass is 35.5. The van der Waals surface area contributed by atoms with Crippen LogP contribution < -0.4 is 4.90 Å². The summed E-state index contributed by atoms with van der Waals surface area (Å²) in [5.74, 6) is -3.10. The Labute approximate surface area is 233 Å². The minimum absolute atomic E-state index is 0.231. The molecular weight excluding hydrogens is 532 g/mol. The second-order valence-corrected chi connectivity index (χ2v) is 10.8. The molecule has 3 atom stereocenters. The summed E-state index contributed by atoms with van der Waals surface area (Å²) in [4.78, 5) is 45.3. The van der Waals surface area contributed by atoms with Gasteiger partial charge in [-0.15, -0.1) is 0 Å². The smallest absolute Gasteiger partial charge is 0.185 e. The second-order valence-electron chi connectivity index (χ2n) is 10.3. The van der Waals surface area contributed by atoms with Gasteiger partial charge >= 0.3 is 0 Å². The molecule has 1 spiro atoms. The average Bonchev–Trinajstić information content (AvgIpc) is 3.39. The van der Waals surface area contributed by atoms with Crippen LogP contribution in [-0.4, -0.2) is 29.4 Å². The predicted molar refractivity (Wildman–Crippen MR) is 148 cm³/mol. The zero-order valence-electron chi connectivity index (χ0n) is 20.9. The van der Waals surface area contributed by atoms with Crippen molar-refractivity contribution >= 4 is 40.7 Å². The zero-order valence-corrected chi connectivity index (χ0v) is 21.6. The Kier molecular flexibility index (Phi) is 5.41. The molecule has 40 heavy (non-hydrogen) atoms. The van der Waals surface area contributed by atoms with Crippen LogP contribution >= 0.6 is 11.6 Å². The Morgan fingerprint density at radius 2 is 1.40 bits per heavy atom. The van der Waals surface area contributed by atoms with Crippen LogP contribution in [0.25, 0.3) is 6.08 Å². The largest absolute Gasteiger partial charge is 0.352 e. The second kappa shape index (κ2) is 8.80. The lowest BCUT2D eigenvalue weighted by Gasteiger charge is -2.37. The van der Waals surface area contributed by atoms with Gasteiger partial charge < -0.3 is 4.90 Å². The van der Waals surface area contributed by atoms with Gasteiger partial charge in [-0.05, 0) is 65.7 Å². The van der Waals surface area contributed by atoms with Gasteiger partial charge in [0.05, 0.1) is 6.04 Å². The van der Waals surface area contributed by atoms with Gasteiger partial charge in [0, 0.05) is 33.3 Å². The van der Waals surface area contributed by atoms with Crippen LogP contribution in [0.5, 0.6) is 0 Å². The molecule has 3 aliphatic rings. The van der Waals surface area contributed by atoms with E-state index in [0.717, 1.165) is 5.56 Å². The topological polar surface area (TPSA) is 54.5 Å². The fourth-order valence-corrected chi connectivity index (χ4v) is 6.96. The molecule has 0 saturated carbocycles. The zero-order chi connectivity index (χ0) is 27.8. The molecule has 0 N–H and O–H groups in total. The van der Waals surface area contributed by atoms with Crippen LogP contribution in [0.2, 0.25) is 5.02 Å². The fraction of sp³-hybridized carbons (Fsp3) is 0.121. The summed E-state index contributed by atoms with van der Waals surface area (Å²) in [6.45, 7) is 0. The Balaban J connectivity index is 1.54. The molecule has 1 aliphatic carbocycles. The Bertz CT molecular complexity index is 1730. The van der Waals surface area contributed by atoms with E-state index in [4.69, 9.17) is 11.6 Å².